The van der Waals surface area contributed by atoms with Crippen LogP contribution in [-0.4, -0.2) is 4.57 Å². The number of fused-ring (bicyclic) bond motifs is 12. The summed E-state index contributed by atoms with van der Waals surface area (Å²) in [6.45, 7) is 10.1. The average Bonchev–Trinajstić information content (AvgIpc) is 3.85. The van der Waals surface area contributed by atoms with Crippen LogP contribution in [0.25, 0.3) is 78.2 Å². The zero-order valence-electron chi connectivity index (χ0n) is 27.8. The van der Waals surface area contributed by atoms with Crippen molar-refractivity contribution in [2.45, 2.75) is 58.9 Å². The maximum Gasteiger partial charge on any atom is 0.299 e. The Bertz CT molecular complexity index is 2630. The van der Waals surface area contributed by atoms with Gasteiger partial charge in [0.05, 0.1) is 0 Å². The lowest BCUT2D eigenvalue weighted by molar-refractivity contribution is -0.645. The van der Waals surface area contributed by atoms with Crippen molar-refractivity contribution in [2.24, 2.45) is 0 Å². The third-order valence-electron chi connectivity index (χ3n) is 10.7. The molecule has 48 heavy (non-hydrogen) atoms. The molecule has 0 amide bonds. The number of nitrogens with zero attached hydrogens (tertiary/aromatic N) is 2. The molecule has 2 aliphatic rings. The van der Waals surface area contributed by atoms with Gasteiger partial charge in [0.25, 0.3) is 5.82 Å². The monoisotopic (exact) mass is 625 g/mol. The van der Waals surface area contributed by atoms with Crippen molar-refractivity contribution < 1.29 is 13.4 Å². The summed E-state index contributed by atoms with van der Waals surface area (Å²) in [5, 5.41) is 3.57. The number of hydrogen-bond acceptors (Lipinski definition) is 2. The van der Waals surface area contributed by atoms with E-state index in [-0.39, 0.29) is 0 Å². The second kappa shape index (κ2) is 10.1. The van der Waals surface area contributed by atoms with Gasteiger partial charge >= 0.3 is 0 Å². The van der Waals surface area contributed by atoms with E-state index in [2.05, 4.69) is 134 Å². The first-order valence-electron chi connectivity index (χ1n) is 17.3. The molecule has 234 valence electrons. The summed E-state index contributed by atoms with van der Waals surface area (Å²) in [4.78, 5) is 0. The van der Waals surface area contributed by atoms with Crippen molar-refractivity contribution in [2.75, 3.05) is 0 Å². The zero-order valence-corrected chi connectivity index (χ0v) is 27.8. The van der Waals surface area contributed by atoms with E-state index in [0.29, 0.717) is 11.8 Å². The quantitative estimate of drug-likeness (QED) is 0.182. The van der Waals surface area contributed by atoms with Crippen molar-refractivity contribution in [1.82, 2.24) is 4.57 Å². The van der Waals surface area contributed by atoms with Crippen molar-refractivity contribution >= 4 is 50.0 Å². The van der Waals surface area contributed by atoms with Gasteiger partial charge in [-0.3, -0.25) is 0 Å². The van der Waals surface area contributed by atoms with E-state index >= 15 is 0 Å². The SMILES string of the molecule is CC(C)c1cc(-c2ccc3c(c2)oc2ccccc23)cc(C(C)C)c1-n1c2[n+](c3ccccc31)Cc1ccc3c4c(oc3c1-2)C=CCC4. The second-order valence-corrected chi connectivity index (χ2v) is 14.2. The summed E-state index contributed by atoms with van der Waals surface area (Å²) < 4.78 is 18.1. The van der Waals surface area contributed by atoms with Crippen LogP contribution in [0.5, 0.6) is 0 Å². The van der Waals surface area contributed by atoms with E-state index < -0.39 is 0 Å². The first kappa shape index (κ1) is 27.7. The molecule has 0 saturated heterocycles. The number of hydrogen-bond donors (Lipinski definition) is 0. The highest BCUT2D eigenvalue weighted by Crippen LogP contribution is 2.45. The fraction of sp³-hybridized carbons (Fsp3) is 0.205. The Kier molecular flexibility index (Phi) is 5.82. The predicted molar refractivity (Wildman–Crippen MR) is 196 cm³/mol. The number of rotatable bonds is 4. The minimum absolute atomic E-state index is 0.298. The van der Waals surface area contributed by atoms with Crippen LogP contribution in [0.2, 0.25) is 0 Å². The van der Waals surface area contributed by atoms with Gasteiger partial charge in [-0.05, 0) is 84.3 Å². The minimum atomic E-state index is 0.298. The number of imidazole rings is 1. The van der Waals surface area contributed by atoms with Gasteiger partial charge in [0.1, 0.15) is 34.7 Å². The van der Waals surface area contributed by atoms with Crippen LogP contribution in [0.1, 0.15) is 74.0 Å². The normalized spacial score (nSPS) is 13.9. The van der Waals surface area contributed by atoms with Gasteiger partial charge in [-0.2, -0.15) is 4.57 Å². The first-order valence-corrected chi connectivity index (χ1v) is 17.3. The molecule has 1 aliphatic heterocycles. The van der Waals surface area contributed by atoms with E-state index in [0.717, 1.165) is 52.7 Å². The van der Waals surface area contributed by atoms with E-state index in [1.165, 1.54) is 66.9 Å². The average molecular weight is 626 g/mol. The van der Waals surface area contributed by atoms with Crippen molar-refractivity contribution in [3.63, 3.8) is 0 Å². The van der Waals surface area contributed by atoms with Gasteiger partial charge in [0, 0.05) is 38.4 Å². The minimum Gasteiger partial charge on any atom is -0.456 e. The van der Waals surface area contributed by atoms with E-state index in [4.69, 9.17) is 8.83 Å². The molecule has 0 N–H and O–H groups in total. The molecule has 3 aromatic heterocycles. The number of para-hydroxylation sites is 3. The molecule has 0 fully saturated rings. The van der Waals surface area contributed by atoms with Crippen LogP contribution in [0.15, 0.2) is 106 Å². The molecule has 0 bridgehead atoms. The fourth-order valence-corrected chi connectivity index (χ4v) is 8.38. The fourth-order valence-electron chi connectivity index (χ4n) is 8.38. The predicted octanol–water partition coefficient (Wildman–Crippen LogP) is 11.5. The van der Waals surface area contributed by atoms with Crippen LogP contribution in [0.4, 0.5) is 0 Å². The van der Waals surface area contributed by atoms with Gasteiger partial charge < -0.3 is 8.83 Å². The lowest BCUT2D eigenvalue weighted by Gasteiger charge is -2.20. The zero-order chi connectivity index (χ0) is 32.3. The molecule has 0 spiro atoms. The van der Waals surface area contributed by atoms with Crippen molar-refractivity contribution in [3.05, 3.63) is 125 Å². The highest BCUT2D eigenvalue weighted by Gasteiger charge is 2.40. The largest absolute Gasteiger partial charge is 0.456 e. The lowest BCUT2D eigenvalue weighted by atomic mass is 9.88. The number of aryl methyl sites for hydroxylation is 1. The van der Waals surface area contributed by atoms with Crippen molar-refractivity contribution in [3.8, 4) is 28.2 Å². The van der Waals surface area contributed by atoms with Crippen LogP contribution in [0.3, 0.4) is 0 Å². The first-order chi connectivity index (χ1) is 23.5. The summed E-state index contributed by atoms with van der Waals surface area (Å²) in [6.07, 6.45) is 6.49. The van der Waals surface area contributed by atoms with E-state index in [1.807, 2.05) is 6.07 Å². The van der Waals surface area contributed by atoms with Crippen LogP contribution < -0.4 is 4.57 Å². The maximum atomic E-state index is 6.74. The molecule has 1 aliphatic carbocycles. The number of allylic oxidation sites excluding steroid dienone is 1. The molecule has 5 aromatic carbocycles. The molecule has 0 radical (unpaired) electrons. The third kappa shape index (κ3) is 3.80. The van der Waals surface area contributed by atoms with Gasteiger partial charge in [-0.25, -0.2) is 4.57 Å². The number of aromatic nitrogens is 2. The van der Waals surface area contributed by atoms with Gasteiger partial charge in [-0.1, -0.05) is 82.3 Å². The molecule has 4 heterocycles. The molecule has 0 atom stereocenters. The maximum absolute atomic E-state index is 6.74. The Morgan fingerprint density at radius 2 is 1.46 bits per heavy atom. The van der Waals surface area contributed by atoms with Gasteiger partial charge in [-0.15, -0.1) is 0 Å². The molecule has 0 saturated carbocycles. The molecule has 10 rings (SSSR count). The van der Waals surface area contributed by atoms with Crippen LogP contribution in [0, 0.1) is 0 Å². The Morgan fingerprint density at radius 1 is 0.708 bits per heavy atom. The highest BCUT2D eigenvalue weighted by molar-refractivity contribution is 6.06. The molecule has 4 nitrogen and oxygen atoms in total. The summed E-state index contributed by atoms with van der Waals surface area (Å²) in [7, 11) is 0. The van der Waals surface area contributed by atoms with Gasteiger partial charge in [0.2, 0.25) is 0 Å². The molecular weight excluding hydrogens is 588 g/mol. The van der Waals surface area contributed by atoms with E-state index in [1.54, 1.807) is 0 Å². The molecular formula is C44H37N2O2+. The molecule has 8 aromatic rings. The number of benzene rings is 5. The van der Waals surface area contributed by atoms with Crippen LogP contribution in [-0.2, 0) is 13.0 Å². The summed E-state index contributed by atoms with van der Waals surface area (Å²) in [5.41, 5.74) is 15.6. The standard InChI is InChI=1S/C44H37N2O2/c1-25(2)34-21-29(27-17-19-32-30-11-5-9-15-38(30)47-40(32)23-27)22-35(26(3)4)42(34)46-37-14-8-7-13-36(37)45-24-28-18-20-33-31-12-6-10-16-39(31)48-43(33)41(28)44(45)46/h5,7-11,13-23,25-26H,6,12,24H2,1-4H3/q+1. The topological polar surface area (TPSA) is 35.1 Å². The highest BCUT2D eigenvalue weighted by atomic mass is 16.3. The lowest BCUT2D eigenvalue weighted by Crippen LogP contribution is -2.31. The molecule has 4 heteroatoms. The Hall–Kier alpha value is -5.35. The van der Waals surface area contributed by atoms with E-state index in [9.17, 15) is 0 Å². The Balaban J connectivity index is 1.26. The Morgan fingerprint density at radius 3 is 2.29 bits per heavy atom. The Labute approximate surface area is 279 Å². The summed E-state index contributed by atoms with van der Waals surface area (Å²) >= 11 is 0. The van der Waals surface area contributed by atoms with Crippen LogP contribution >= 0.6 is 0 Å². The molecule has 0 unspecified atom stereocenters. The third-order valence-corrected chi connectivity index (χ3v) is 10.7. The summed E-state index contributed by atoms with van der Waals surface area (Å²) in [5.74, 6) is 2.83. The smallest absolute Gasteiger partial charge is 0.299 e. The van der Waals surface area contributed by atoms with Gasteiger partial charge in [0.15, 0.2) is 16.6 Å². The van der Waals surface area contributed by atoms with Crippen molar-refractivity contribution in [1.29, 1.82) is 0 Å². The second-order valence-electron chi connectivity index (χ2n) is 14.2. The summed E-state index contributed by atoms with van der Waals surface area (Å²) in [6, 6.07) is 33.4. The number of furan rings is 2.